The van der Waals surface area contributed by atoms with Gasteiger partial charge in [0.05, 0.1) is 24.3 Å². The lowest BCUT2D eigenvalue weighted by molar-refractivity contribution is -0.122. The van der Waals surface area contributed by atoms with E-state index < -0.39 is 10.0 Å². The second-order valence-electron chi connectivity index (χ2n) is 7.70. The van der Waals surface area contributed by atoms with Crippen LogP contribution >= 0.6 is 0 Å². The number of hydrogen-bond acceptors (Lipinski definition) is 6. The van der Waals surface area contributed by atoms with Crippen LogP contribution in [0.5, 0.6) is 5.75 Å². The third kappa shape index (κ3) is 6.62. The highest BCUT2D eigenvalue weighted by molar-refractivity contribution is 7.89. The summed E-state index contributed by atoms with van der Waals surface area (Å²) in [4.78, 5) is 14.4. The van der Waals surface area contributed by atoms with Crippen molar-refractivity contribution in [3.8, 4) is 5.75 Å². The Morgan fingerprint density at radius 2 is 1.72 bits per heavy atom. The van der Waals surface area contributed by atoms with Crippen molar-refractivity contribution >= 4 is 22.1 Å². The standard InChI is InChI=1S/C23H30N4O4S/c1-3-16-31-21-8-6-20(7-9-21)17-24-25-23(28)18-26-12-14-27(15-13-26)32(29,30)22-10-4-19(2)5-11-22/h4-11,17H,3,12-16,18H2,1-2H3,(H,25,28)/b24-17+. The van der Waals surface area contributed by atoms with E-state index in [1.807, 2.05) is 36.1 Å². The van der Waals surface area contributed by atoms with Crippen molar-refractivity contribution in [2.75, 3.05) is 39.3 Å². The highest BCUT2D eigenvalue weighted by atomic mass is 32.2. The first-order valence-corrected chi connectivity index (χ1v) is 12.2. The molecule has 8 nitrogen and oxygen atoms in total. The molecule has 0 bridgehead atoms. The SMILES string of the molecule is CCCOc1ccc(/C=N/NC(=O)CN2CCN(S(=O)(=O)c3ccc(C)cc3)CC2)cc1. The summed E-state index contributed by atoms with van der Waals surface area (Å²) in [6.07, 6.45) is 2.53. The topological polar surface area (TPSA) is 91.3 Å². The van der Waals surface area contributed by atoms with Crippen molar-refractivity contribution in [3.63, 3.8) is 0 Å². The number of amides is 1. The Morgan fingerprint density at radius 1 is 1.06 bits per heavy atom. The number of nitrogens with one attached hydrogen (secondary N) is 1. The molecular formula is C23H30N4O4S. The number of ether oxygens (including phenoxy) is 1. The van der Waals surface area contributed by atoms with Gasteiger partial charge >= 0.3 is 0 Å². The third-order valence-electron chi connectivity index (χ3n) is 5.11. The summed E-state index contributed by atoms with van der Waals surface area (Å²) in [5.41, 5.74) is 4.39. The maximum Gasteiger partial charge on any atom is 0.254 e. The number of piperazine rings is 1. The van der Waals surface area contributed by atoms with Gasteiger partial charge in [-0.25, -0.2) is 13.8 Å². The molecule has 1 aliphatic rings. The van der Waals surface area contributed by atoms with E-state index >= 15 is 0 Å². The number of benzene rings is 2. The third-order valence-corrected chi connectivity index (χ3v) is 7.03. The molecule has 0 spiro atoms. The van der Waals surface area contributed by atoms with Crippen LogP contribution < -0.4 is 10.2 Å². The summed E-state index contributed by atoms with van der Waals surface area (Å²) >= 11 is 0. The molecule has 1 N–H and O–H groups in total. The van der Waals surface area contributed by atoms with Gasteiger partial charge < -0.3 is 4.74 Å². The first-order valence-electron chi connectivity index (χ1n) is 10.7. The molecule has 0 saturated carbocycles. The van der Waals surface area contributed by atoms with Gasteiger partial charge in [-0.1, -0.05) is 24.6 Å². The molecule has 0 radical (unpaired) electrons. The Bertz CT molecular complexity index is 1010. The average Bonchev–Trinajstić information content (AvgIpc) is 2.79. The second-order valence-corrected chi connectivity index (χ2v) is 9.64. The van der Waals surface area contributed by atoms with Gasteiger partial charge in [-0.3, -0.25) is 9.69 Å². The number of sulfonamides is 1. The van der Waals surface area contributed by atoms with Gasteiger partial charge in [-0.2, -0.15) is 9.41 Å². The van der Waals surface area contributed by atoms with Gasteiger partial charge in [0.2, 0.25) is 10.0 Å². The number of aryl methyl sites for hydroxylation is 1. The van der Waals surface area contributed by atoms with E-state index in [1.54, 1.807) is 30.5 Å². The Balaban J connectivity index is 1.43. The van der Waals surface area contributed by atoms with Crippen LogP contribution in [0.4, 0.5) is 0 Å². The first kappa shape index (κ1) is 23.9. The number of carbonyl (C=O) groups is 1. The fourth-order valence-corrected chi connectivity index (χ4v) is 4.70. The highest BCUT2D eigenvalue weighted by Gasteiger charge is 2.28. The van der Waals surface area contributed by atoms with E-state index in [-0.39, 0.29) is 12.5 Å². The monoisotopic (exact) mass is 458 g/mol. The Kier molecular flexibility index (Phi) is 8.38. The summed E-state index contributed by atoms with van der Waals surface area (Å²) in [5, 5.41) is 4.00. The van der Waals surface area contributed by atoms with Gasteiger partial charge in [0, 0.05) is 26.2 Å². The average molecular weight is 459 g/mol. The van der Waals surface area contributed by atoms with E-state index in [1.165, 1.54) is 4.31 Å². The van der Waals surface area contributed by atoms with Gasteiger partial charge in [-0.15, -0.1) is 0 Å². The quantitative estimate of drug-likeness (QED) is 0.460. The molecule has 9 heteroatoms. The molecule has 32 heavy (non-hydrogen) atoms. The van der Waals surface area contributed by atoms with E-state index in [4.69, 9.17) is 4.74 Å². The number of rotatable bonds is 9. The minimum atomic E-state index is -3.51. The summed E-state index contributed by atoms with van der Waals surface area (Å²) in [5.74, 6) is 0.565. The fraction of sp³-hybridized carbons (Fsp3) is 0.391. The van der Waals surface area contributed by atoms with E-state index in [0.29, 0.717) is 37.7 Å². The number of hydrogen-bond donors (Lipinski definition) is 1. The van der Waals surface area contributed by atoms with Crippen molar-refractivity contribution in [1.29, 1.82) is 0 Å². The molecule has 2 aromatic rings. The minimum absolute atomic E-state index is 0.166. The largest absolute Gasteiger partial charge is 0.494 e. The molecular weight excluding hydrogens is 428 g/mol. The lowest BCUT2D eigenvalue weighted by Crippen LogP contribution is -2.50. The van der Waals surface area contributed by atoms with Crippen molar-refractivity contribution in [2.24, 2.45) is 5.10 Å². The molecule has 1 heterocycles. The Labute approximate surface area is 189 Å². The van der Waals surface area contributed by atoms with Gasteiger partial charge in [0.15, 0.2) is 0 Å². The van der Waals surface area contributed by atoms with Crippen LogP contribution in [0.3, 0.4) is 0 Å². The van der Waals surface area contributed by atoms with Gasteiger partial charge in [0.25, 0.3) is 5.91 Å². The Morgan fingerprint density at radius 3 is 2.34 bits per heavy atom. The molecule has 3 rings (SSSR count). The van der Waals surface area contributed by atoms with Crippen molar-refractivity contribution in [3.05, 3.63) is 59.7 Å². The zero-order chi connectivity index (χ0) is 23.0. The van der Waals surface area contributed by atoms with Crippen LogP contribution in [-0.4, -0.2) is 69.1 Å². The normalized spacial score (nSPS) is 15.7. The molecule has 2 aromatic carbocycles. The number of hydrazone groups is 1. The molecule has 1 fully saturated rings. The van der Waals surface area contributed by atoms with Crippen molar-refractivity contribution in [1.82, 2.24) is 14.6 Å². The van der Waals surface area contributed by atoms with Crippen molar-refractivity contribution < 1.29 is 17.9 Å². The smallest absolute Gasteiger partial charge is 0.254 e. The molecule has 0 unspecified atom stereocenters. The van der Waals surface area contributed by atoms with Gasteiger partial charge in [-0.05, 0) is 55.3 Å². The Hall–Kier alpha value is -2.75. The lowest BCUT2D eigenvalue weighted by atomic mass is 10.2. The molecule has 1 saturated heterocycles. The molecule has 0 aliphatic carbocycles. The molecule has 0 atom stereocenters. The zero-order valence-corrected chi connectivity index (χ0v) is 19.3. The summed E-state index contributed by atoms with van der Waals surface area (Å²) < 4.78 is 32.6. The van der Waals surface area contributed by atoms with Crippen LogP contribution in [0.2, 0.25) is 0 Å². The van der Waals surface area contributed by atoms with E-state index in [0.717, 1.165) is 23.3 Å². The summed E-state index contributed by atoms with van der Waals surface area (Å²) in [6.45, 7) is 6.48. The van der Waals surface area contributed by atoms with Gasteiger partial charge in [0.1, 0.15) is 5.75 Å². The highest BCUT2D eigenvalue weighted by Crippen LogP contribution is 2.18. The predicted molar refractivity (Wildman–Crippen MR) is 124 cm³/mol. The minimum Gasteiger partial charge on any atom is -0.494 e. The molecule has 1 aliphatic heterocycles. The van der Waals surface area contributed by atoms with Crippen LogP contribution in [0.1, 0.15) is 24.5 Å². The van der Waals surface area contributed by atoms with E-state index in [2.05, 4.69) is 17.5 Å². The second kappa shape index (κ2) is 11.2. The fourth-order valence-electron chi connectivity index (χ4n) is 3.27. The maximum absolute atomic E-state index is 12.8. The molecule has 0 aromatic heterocycles. The first-order chi connectivity index (χ1) is 15.4. The summed E-state index contributed by atoms with van der Waals surface area (Å²) in [6, 6.07) is 14.3. The van der Waals surface area contributed by atoms with E-state index in [9.17, 15) is 13.2 Å². The van der Waals surface area contributed by atoms with Crippen LogP contribution in [-0.2, 0) is 14.8 Å². The van der Waals surface area contributed by atoms with Crippen molar-refractivity contribution in [2.45, 2.75) is 25.2 Å². The number of carbonyl (C=O) groups excluding carboxylic acids is 1. The summed E-state index contributed by atoms with van der Waals surface area (Å²) in [7, 11) is -3.51. The van der Waals surface area contributed by atoms with Crippen LogP contribution in [0, 0.1) is 6.92 Å². The molecule has 1 amide bonds. The maximum atomic E-state index is 12.8. The number of nitrogens with zero attached hydrogens (tertiary/aromatic N) is 3. The zero-order valence-electron chi connectivity index (χ0n) is 18.5. The predicted octanol–water partition coefficient (Wildman–Crippen LogP) is 2.24. The lowest BCUT2D eigenvalue weighted by Gasteiger charge is -2.33. The molecule has 172 valence electrons. The van der Waals surface area contributed by atoms with Crippen LogP contribution in [0.25, 0.3) is 0 Å². The van der Waals surface area contributed by atoms with Crippen LogP contribution in [0.15, 0.2) is 58.5 Å².